The smallest absolute Gasteiger partial charge is 0.210 e. The van der Waals surface area contributed by atoms with Crippen molar-refractivity contribution >= 4 is 28.5 Å². The van der Waals surface area contributed by atoms with Gasteiger partial charge in [0.25, 0.3) is 0 Å². The standard InChI is InChI=1S/C10H8ClNO2/c1-6(13)7-3-2-4-8-10(7)12-9(5-11)14-8/h2-4H,5H2,1H3. The second kappa shape index (κ2) is 3.42. The first kappa shape index (κ1) is 9.21. The molecule has 0 radical (unpaired) electrons. The van der Waals surface area contributed by atoms with Crippen LogP contribution in [-0.4, -0.2) is 10.8 Å². The van der Waals surface area contributed by atoms with Gasteiger partial charge in [-0.2, -0.15) is 0 Å². The van der Waals surface area contributed by atoms with E-state index < -0.39 is 0 Å². The molecule has 0 aliphatic rings. The summed E-state index contributed by atoms with van der Waals surface area (Å²) >= 11 is 5.59. The molecule has 0 aliphatic heterocycles. The highest BCUT2D eigenvalue weighted by Gasteiger charge is 2.11. The summed E-state index contributed by atoms with van der Waals surface area (Å²) in [5, 5.41) is 0. The first-order valence-electron chi connectivity index (χ1n) is 4.17. The number of fused-ring (bicyclic) bond motifs is 1. The Hall–Kier alpha value is -1.35. The molecule has 0 atom stereocenters. The summed E-state index contributed by atoms with van der Waals surface area (Å²) in [6, 6.07) is 5.26. The lowest BCUT2D eigenvalue weighted by atomic mass is 10.1. The van der Waals surface area contributed by atoms with Crippen LogP contribution in [0.1, 0.15) is 23.2 Å². The molecule has 0 unspecified atom stereocenters. The minimum Gasteiger partial charge on any atom is -0.439 e. The summed E-state index contributed by atoms with van der Waals surface area (Å²) in [7, 11) is 0. The van der Waals surface area contributed by atoms with Gasteiger partial charge >= 0.3 is 0 Å². The van der Waals surface area contributed by atoms with Crippen molar-refractivity contribution in [2.45, 2.75) is 12.8 Å². The maximum Gasteiger partial charge on any atom is 0.210 e. The highest BCUT2D eigenvalue weighted by Crippen LogP contribution is 2.20. The fraction of sp³-hybridized carbons (Fsp3) is 0.200. The Bertz CT molecular complexity index is 490. The predicted molar refractivity (Wildman–Crippen MR) is 53.6 cm³/mol. The summed E-state index contributed by atoms with van der Waals surface area (Å²) in [5.41, 5.74) is 1.77. The van der Waals surface area contributed by atoms with Crippen molar-refractivity contribution in [1.29, 1.82) is 0 Å². The van der Waals surface area contributed by atoms with Crippen LogP contribution < -0.4 is 0 Å². The van der Waals surface area contributed by atoms with Gasteiger partial charge in [0.05, 0.1) is 5.88 Å². The number of hydrogen-bond acceptors (Lipinski definition) is 3. The lowest BCUT2D eigenvalue weighted by molar-refractivity contribution is 0.101. The maximum atomic E-state index is 11.2. The van der Waals surface area contributed by atoms with E-state index in [1.54, 1.807) is 18.2 Å². The summed E-state index contributed by atoms with van der Waals surface area (Å²) in [5.74, 6) is 0.631. The summed E-state index contributed by atoms with van der Waals surface area (Å²) in [4.78, 5) is 15.4. The number of aromatic nitrogens is 1. The van der Waals surface area contributed by atoms with Gasteiger partial charge in [-0.15, -0.1) is 11.6 Å². The van der Waals surface area contributed by atoms with Crippen molar-refractivity contribution in [2.24, 2.45) is 0 Å². The van der Waals surface area contributed by atoms with Gasteiger partial charge in [0.1, 0.15) is 5.52 Å². The van der Waals surface area contributed by atoms with Gasteiger partial charge in [-0.05, 0) is 19.1 Å². The fourth-order valence-electron chi connectivity index (χ4n) is 1.34. The Kier molecular flexibility index (Phi) is 2.25. The molecule has 0 saturated heterocycles. The van der Waals surface area contributed by atoms with Gasteiger partial charge in [-0.1, -0.05) is 6.07 Å². The first-order chi connectivity index (χ1) is 6.72. The van der Waals surface area contributed by atoms with Gasteiger partial charge in [-0.25, -0.2) is 4.98 Å². The third-order valence-corrected chi connectivity index (χ3v) is 2.19. The Morgan fingerprint density at radius 1 is 1.57 bits per heavy atom. The molecule has 3 nitrogen and oxygen atoms in total. The van der Waals surface area contributed by atoms with Crippen molar-refractivity contribution < 1.29 is 9.21 Å². The van der Waals surface area contributed by atoms with Crippen molar-refractivity contribution in [1.82, 2.24) is 4.98 Å². The lowest BCUT2D eigenvalue weighted by Gasteiger charge is -1.93. The van der Waals surface area contributed by atoms with Gasteiger partial charge in [-0.3, -0.25) is 4.79 Å². The van der Waals surface area contributed by atoms with Crippen LogP contribution >= 0.6 is 11.6 Å². The number of ketones is 1. The van der Waals surface area contributed by atoms with E-state index >= 15 is 0 Å². The normalized spacial score (nSPS) is 10.7. The maximum absolute atomic E-state index is 11.2. The quantitative estimate of drug-likeness (QED) is 0.564. The van der Waals surface area contributed by atoms with E-state index in [4.69, 9.17) is 16.0 Å². The number of para-hydroxylation sites is 1. The van der Waals surface area contributed by atoms with Crippen LogP contribution in [0.25, 0.3) is 11.1 Å². The second-order valence-electron chi connectivity index (χ2n) is 2.95. The highest BCUT2D eigenvalue weighted by molar-refractivity contribution is 6.16. The number of nitrogens with zero attached hydrogens (tertiary/aromatic N) is 1. The molecule has 1 heterocycles. The summed E-state index contributed by atoms with van der Waals surface area (Å²) in [6.07, 6.45) is 0. The van der Waals surface area contributed by atoms with E-state index in [1.807, 2.05) is 0 Å². The highest BCUT2D eigenvalue weighted by atomic mass is 35.5. The molecule has 1 aromatic carbocycles. The van der Waals surface area contributed by atoms with Crippen molar-refractivity contribution in [3.05, 3.63) is 29.7 Å². The monoisotopic (exact) mass is 209 g/mol. The minimum atomic E-state index is -0.0231. The van der Waals surface area contributed by atoms with Crippen LogP contribution in [0.5, 0.6) is 0 Å². The molecule has 0 aliphatic carbocycles. The zero-order valence-electron chi connectivity index (χ0n) is 7.58. The van der Waals surface area contributed by atoms with E-state index in [2.05, 4.69) is 4.98 Å². The van der Waals surface area contributed by atoms with E-state index in [-0.39, 0.29) is 11.7 Å². The van der Waals surface area contributed by atoms with Gasteiger partial charge in [0.15, 0.2) is 11.4 Å². The van der Waals surface area contributed by atoms with Gasteiger partial charge in [0, 0.05) is 5.56 Å². The third-order valence-electron chi connectivity index (χ3n) is 1.96. The molecule has 0 spiro atoms. The molecule has 2 rings (SSSR count). The second-order valence-corrected chi connectivity index (χ2v) is 3.22. The minimum absolute atomic E-state index is 0.0231. The van der Waals surface area contributed by atoms with Crippen LogP contribution in [0.2, 0.25) is 0 Å². The Labute approximate surface area is 85.7 Å². The molecule has 0 saturated carbocycles. The molecule has 0 amide bonds. The molecule has 72 valence electrons. The number of hydrogen-bond donors (Lipinski definition) is 0. The van der Waals surface area contributed by atoms with Gasteiger partial charge < -0.3 is 4.42 Å². The number of carbonyl (C=O) groups excluding carboxylic acids is 1. The predicted octanol–water partition coefficient (Wildman–Crippen LogP) is 2.77. The van der Waals surface area contributed by atoms with Crippen LogP contribution in [0.3, 0.4) is 0 Å². The number of alkyl halides is 1. The number of carbonyl (C=O) groups is 1. The zero-order chi connectivity index (χ0) is 10.1. The number of halogens is 1. The number of oxazole rings is 1. The number of rotatable bonds is 2. The summed E-state index contributed by atoms with van der Waals surface area (Å²) in [6.45, 7) is 1.50. The number of Topliss-reactive ketones (excluding diaryl/α,β-unsaturated/α-hetero) is 1. The van der Waals surface area contributed by atoms with E-state index in [0.29, 0.717) is 22.6 Å². The summed E-state index contributed by atoms with van der Waals surface area (Å²) < 4.78 is 5.31. The van der Waals surface area contributed by atoms with E-state index in [9.17, 15) is 4.79 Å². The molecule has 0 fully saturated rings. The molecular weight excluding hydrogens is 202 g/mol. The zero-order valence-corrected chi connectivity index (χ0v) is 8.34. The number of benzene rings is 1. The van der Waals surface area contributed by atoms with Crippen molar-refractivity contribution in [2.75, 3.05) is 0 Å². The topological polar surface area (TPSA) is 43.1 Å². The Balaban J connectivity index is 2.73. The Morgan fingerprint density at radius 3 is 3.00 bits per heavy atom. The van der Waals surface area contributed by atoms with Gasteiger partial charge in [0.2, 0.25) is 5.89 Å². The van der Waals surface area contributed by atoms with Crippen molar-refractivity contribution in [3.8, 4) is 0 Å². The molecule has 14 heavy (non-hydrogen) atoms. The molecule has 0 N–H and O–H groups in total. The molecule has 4 heteroatoms. The largest absolute Gasteiger partial charge is 0.439 e. The molecule has 1 aromatic heterocycles. The third kappa shape index (κ3) is 1.40. The first-order valence-corrected chi connectivity index (χ1v) is 4.71. The van der Waals surface area contributed by atoms with E-state index in [1.165, 1.54) is 6.92 Å². The molecule has 2 aromatic rings. The van der Waals surface area contributed by atoms with Crippen LogP contribution in [0.4, 0.5) is 0 Å². The van der Waals surface area contributed by atoms with Crippen LogP contribution in [0.15, 0.2) is 22.6 Å². The molecular formula is C10H8ClNO2. The van der Waals surface area contributed by atoms with Crippen LogP contribution in [-0.2, 0) is 5.88 Å². The fourth-order valence-corrected chi connectivity index (χ4v) is 1.45. The average Bonchev–Trinajstić information content (AvgIpc) is 2.59. The van der Waals surface area contributed by atoms with Crippen LogP contribution in [0, 0.1) is 0 Å². The molecule has 0 bridgehead atoms. The Morgan fingerprint density at radius 2 is 2.36 bits per heavy atom. The van der Waals surface area contributed by atoms with E-state index in [0.717, 1.165) is 0 Å². The van der Waals surface area contributed by atoms with Crippen molar-refractivity contribution in [3.63, 3.8) is 0 Å². The SMILES string of the molecule is CC(=O)c1cccc2oc(CCl)nc12. The average molecular weight is 210 g/mol. The lowest BCUT2D eigenvalue weighted by Crippen LogP contribution is -1.92.